The number of carbonyl (C=O) groups excluding carboxylic acids is 2. The predicted octanol–water partition coefficient (Wildman–Crippen LogP) is 2.87. The lowest BCUT2D eigenvalue weighted by atomic mass is 9.93. The van der Waals surface area contributed by atoms with E-state index in [0.717, 1.165) is 4.90 Å². The summed E-state index contributed by atoms with van der Waals surface area (Å²) in [5.74, 6) is 0.0928. The zero-order valence-corrected chi connectivity index (χ0v) is 15.0. The predicted molar refractivity (Wildman–Crippen MR) is 97.4 cm³/mol. The average Bonchev–Trinajstić information content (AvgIpc) is 2.64. The van der Waals surface area contributed by atoms with E-state index in [1.807, 2.05) is 6.07 Å². The third-order valence-corrected chi connectivity index (χ3v) is 4.00. The molecule has 0 radical (unpaired) electrons. The monoisotopic (exact) mass is 352 g/mol. The molecule has 0 atom stereocenters. The fraction of sp³-hybridized carbons (Fsp3) is 0.250. The Labute approximate surface area is 152 Å². The maximum Gasteiger partial charge on any atom is 0.271 e. The van der Waals surface area contributed by atoms with Crippen LogP contribution in [0.25, 0.3) is 6.08 Å². The molecule has 2 amide bonds. The topological polar surface area (TPSA) is 79.6 Å². The smallest absolute Gasteiger partial charge is 0.271 e. The van der Waals surface area contributed by atoms with Crippen molar-refractivity contribution in [3.63, 3.8) is 0 Å². The number of benzene rings is 1. The Morgan fingerprint density at radius 3 is 2.58 bits per heavy atom. The molecule has 2 rings (SSSR count). The molecule has 1 heterocycles. The molecule has 0 saturated carbocycles. The molecule has 6 heteroatoms. The zero-order chi connectivity index (χ0) is 19.3. The molecule has 1 aliphatic rings. The minimum Gasteiger partial charge on any atom is -0.493 e. The number of carbonyl (C=O) groups is 2. The molecule has 0 N–H and O–H groups in total. The highest BCUT2D eigenvalue weighted by atomic mass is 16.5. The molecule has 1 aromatic carbocycles. The van der Waals surface area contributed by atoms with Gasteiger partial charge in [-0.25, -0.2) is 0 Å². The highest BCUT2D eigenvalue weighted by Gasteiger charge is 2.34. The van der Waals surface area contributed by atoms with Gasteiger partial charge in [-0.1, -0.05) is 18.7 Å². The van der Waals surface area contributed by atoms with Crippen LogP contribution < -0.4 is 9.47 Å². The van der Waals surface area contributed by atoms with Gasteiger partial charge in [0.05, 0.1) is 7.11 Å². The Balaban J connectivity index is 2.52. The summed E-state index contributed by atoms with van der Waals surface area (Å²) in [5.41, 5.74) is 1.36. The van der Waals surface area contributed by atoms with Crippen LogP contribution in [0.4, 0.5) is 0 Å². The van der Waals surface area contributed by atoms with Crippen molar-refractivity contribution in [1.82, 2.24) is 4.90 Å². The number of hydrogen-bond donors (Lipinski definition) is 0. The van der Waals surface area contributed by atoms with Crippen molar-refractivity contribution in [3.8, 4) is 17.6 Å². The van der Waals surface area contributed by atoms with Crippen LogP contribution in [0, 0.1) is 11.3 Å². The van der Waals surface area contributed by atoms with Gasteiger partial charge in [0.15, 0.2) is 11.5 Å². The maximum atomic E-state index is 12.6. The van der Waals surface area contributed by atoms with Crippen molar-refractivity contribution in [2.45, 2.75) is 13.8 Å². The van der Waals surface area contributed by atoms with Crippen LogP contribution in [0.15, 0.2) is 47.6 Å². The van der Waals surface area contributed by atoms with Crippen LogP contribution in [0.2, 0.25) is 0 Å². The van der Waals surface area contributed by atoms with Gasteiger partial charge in [0.25, 0.3) is 11.8 Å². The van der Waals surface area contributed by atoms with Crippen LogP contribution in [-0.2, 0) is 9.59 Å². The van der Waals surface area contributed by atoms with Crippen molar-refractivity contribution >= 4 is 17.9 Å². The molecule has 1 aromatic rings. The van der Waals surface area contributed by atoms with Gasteiger partial charge in [-0.15, -0.1) is 0 Å². The largest absolute Gasteiger partial charge is 0.493 e. The van der Waals surface area contributed by atoms with Gasteiger partial charge < -0.3 is 9.47 Å². The summed E-state index contributed by atoms with van der Waals surface area (Å²) in [6.45, 7) is 7.44. The Morgan fingerprint density at radius 1 is 1.27 bits per heavy atom. The van der Waals surface area contributed by atoms with Gasteiger partial charge in [-0.2, -0.15) is 5.26 Å². The van der Waals surface area contributed by atoms with Gasteiger partial charge in [0.1, 0.15) is 18.2 Å². The summed E-state index contributed by atoms with van der Waals surface area (Å²) in [7, 11) is 1.52. The summed E-state index contributed by atoms with van der Waals surface area (Å²) in [6, 6.07) is 7.13. The second kappa shape index (κ2) is 8.17. The summed E-state index contributed by atoms with van der Waals surface area (Å²) in [6.07, 6.45) is 3.27. The zero-order valence-electron chi connectivity index (χ0n) is 15.0. The fourth-order valence-electron chi connectivity index (χ4n) is 2.63. The Morgan fingerprint density at radius 2 is 2.00 bits per heavy atom. The molecule has 1 aliphatic heterocycles. The Bertz CT molecular complexity index is 859. The van der Waals surface area contributed by atoms with E-state index in [4.69, 9.17) is 9.47 Å². The normalized spacial score (nSPS) is 15.9. The maximum absolute atomic E-state index is 12.6. The minimum atomic E-state index is -0.555. The molecule has 0 saturated heterocycles. The number of amides is 2. The van der Waals surface area contributed by atoms with Gasteiger partial charge in [-0.3, -0.25) is 14.5 Å². The molecule has 26 heavy (non-hydrogen) atoms. The molecule has 0 aromatic heterocycles. The van der Waals surface area contributed by atoms with E-state index in [1.165, 1.54) is 7.11 Å². The van der Waals surface area contributed by atoms with Crippen molar-refractivity contribution < 1.29 is 19.1 Å². The second-order valence-electron chi connectivity index (χ2n) is 5.53. The van der Waals surface area contributed by atoms with E-state index in [1.54, 1.807) is 44.2 Å². The molecule has 0 fully saturated rings. The average molecular weight is 352 g/mol. The van der Waals surface area contributed by atoms with Crippen molar-refractivity contribution in [3.05, 3.63) is 53.1 Å². The van der Waals surface area contributed by atoms with Crippen LogP contribution in [0.5, 0.6) is 11.5 Å². The van der Waals surface area contributed by atoms with Crippen LogP contribution in [0.1, 0.15) is 19.4 Å². The number of imide groups is 1. The highest BCUT2D eigenvalue weighted by molar-refractivity contribution is 6.19. The lowest BCUT2D eigenvalue weighted by Gasteiger charge is -2.26. The molecule has 6 nitrogen and oxygen atoms in total. The van der Waals surface area contributed by atoms with E-state index in [9.17, 15) is 14.9 Å². The number of rotatable bonds is 6. The van der Waals surface area contributed by atoms with E-state index in [2.05, 4.69) is 6.58 Å². The molecule has 0 spiro atoms. The molecule has 134 valence electrons. The lowest BCUT2D eigenvalue weighted by molar-refractivity contribution is -0.140. The van der Waals surface area contributed by atoms with Crippen LogP contribution in [-0.4, -0.2) is 37.0 Å². The van der Waals surface area contributed by atoms with Gasteiger partial charge in [0, 0.05) is 12.1 Å². The first-order valence-corrected chi connectivity index (χ1v) is 8.09. The first kappa shape index (κ1) is 19.0. The molecular weight excluding hydrogens is 332 g/mol. The molecule has 0 unspecified atom stereocenters. The number of hydrogen-bond acceptors (Lipinski definition) is 5. The Kier molecular flexibility index (Phi) is 5.97. The van der Waals surface area contributed by atoms with E-state index in [-0.39, 0.29) is 12.1 Å². The number of ether oxygens (including phenoxy) is 2. The third kappa shape index (κ3) is 3.52. The summed E-state index contributed by atoms with van der Waals surface area (Å²) >= 11 is 0. The summed E-state index contributed by atoms with van der Waals surface area (Å²) < 4.78 is 10.8. The summed E-state index contributed by atoms with van der Waals surface area (Å²) in [4.78, 5) is 25.9. The third-order valence-electron chi connectivity index (χ3n) is 4.00. The van der Waals surface area contributed by atoms with Crippen LogP contribution >= 0.6 is 0 Å². The van der Waals surface area contributed by atoms with E-state index < -0.39 is 11.8 Å². The number of likely N-dealkylation sites (N-methyl/N-ethyl adjacent to an activating group) is 1. The van der Waals surface area contributed by atoms with Gasteiger partial charge >= 0.3 is 0 Å². The van der Waals surface area contributed by atoms with Crippen LogP contribution in [0.3, 0.4) is 0 Å². The first-order valence-electron chi connectivity index (χ1n) is 8.09. The van der Waals surface area contributed by atoms with E-state index >= 15 is 0 Å². The van der Waals surface area contributed by atoms with Gasteiger partial charge in [-0.05, 0) is 43.2 Å². The minimum absolute atomic E-state index is 0.0180. The Hall–Kier alpha value is -3.33. The number of nitrogens with zero attached hydrogens (tertiary/aromatic N) is 2. The highest BCUT2D eigenvalue weighted by Crippen LogP contribution is 2.31. The summed E-state index contributed by atoms with van der Waals surface area (Å²) in [5, 5.41) is 9.28. The van der Waals surface area contributed by atoms with Gasteiger partial charge in [0.2, 0.25) is 0 Å². The van der Waals surface area contributed by atoms with Crippen molar-refractivity contribution in [2.75, 3.05) is 20.3 Å². The second-order valence-corrected chi connectivity index (χ2v) is 5.53. The number of nitriles is 1. The van der Waals surface area contributed by atoms with Crippen molar-refractivity contribution in [2.24, 2.45) is 0 Å². The van der Waals surface area contributed by atoms with Crippen molar-refractivity contribution in [1.29, 1.82) is 5.26 Å². The quantitative estimate of drug-likeness (QED) is 0.447. The molecule has 0 bridgehead atoms. The lowest BCUT2D eigenvalue weighted by Crippen LogP contribution is -2.42. The molecular formula is C20H20N2O4. The number of methoxy groups -OCH3 is 1. The molecule has 0 aliphatic carbocycles. The fourth-order valence-corrected chi connectivity index (χ4v) is 2.63. The SMILES string of the molecule is C=CCOc1ccc(/C=C2/C(=O)N(CC)C(=O)C(C#N)=C2C)cc1OC. The first-order chi connectivity index (χ1) is 12.5. The standard InChI is InChI=1S/C20H20N2O4/c1-5-9-26-17-8-7-14(11-18(17)25-4)10-15-13(3)16(12-21)20(24)22(6-2)19(15)23/h5,7-8,10-11H,1,6,9H2,2-4H3/b15-10+. The van der Waals surface area contributed by atoms with E-state index in [0.29, 0.717) is 34.8 Å².